The average molecular weight is 256 g/mol. The third kappa shape index (κ3) is 2.10. The number of nitrogens with one attached hydrogen (secondary N) is 1. The zero-order valence-electron chi connectivity index (χ0n) is 8.82. The van der Waals surface area contributed by atoms with E-state index in [0.717, 1.165) is 10.2 Å². The van der Waals surface area contributed by atoms with Gasteiger partial charge in [-0.05, 0) is 12.1 Å². The van der Waals surface area contributed by atoms with Gasteiger partial charge in [-0.15, -0.1) is 0 Å². The number of anilines is 1. The number of halogens is 1. The highest BCUT2D eigenvalue weighted by Gasteiger charge is 2.10. The number of amides is 2. The molecule has 0 saturated heterocycles. The normalized spacial score (nSPS) is 10.4. The molecule has 1 N–H and O–H groups in total. The highest BCUT2D eigenvalue weighted by Crippen LogP contribution is 2.30. The Bertz CT molecular complexity index is 538. The van der Waals surface area contributed by atoms with Crippen LogP contribution in [0.2, 0.25) is 5.02 Å². The fraction of sp³-hybridized carbons (Fsp3) is 0.200. The lowest BCUT2D eigenvalue weighted by Crippen LogP contribution is -2.27. The predicted octanol–water partition coefficient (Wildman–Crippen LogP) is 3.04. The molecule has 0 aliphatic heterocycles. The number of hydrogen-bond acceptors (Lipinski definition) is 3. The SMILES string of the molecule is CN(C)C(=O)Nc1nc2c(Cl)cccc2s1. The van der Waals surface area contributed by atoms with Gasteiger partial charge in [-0.2, -0.15) is 0 Å². The first-order chi connectivity index (χ1) is 7.58. The Kier molecular flexibility index (Phi) is 2.98. The Morgan fingerprint density at radius 3 is 2.88 bits per heavy atom. The average Bonchev–Trinajstić information content (AvgIpc) is 2.61. The third-order valence-electron chi connectivity index (χ3n) is 1.99. The van der Waals surface area contributed by atoms with Crippen LogP contribution in [0.15, 0.2) is 18.2 Å². The highest BCUT2D eigenvalue weighted by atomic mass is 35.5. The Labute approximate surface area is 102 Å². The number of nitrogens with zero attached hydrogens (tertiary/aromatic N) is 2. The molecule has 1 aromatic carbocycles. The van der Waals surface area contributed by atoms with Crippen molar-refractivity contribution in [2.24, 2.45) is 0 Å². The summed E-state index contributed by atoms with van der Waals surface area (Å²) in [5.74, 6) is 0. The van der Waals surface area contributed by atoms with Gasteiger partial charge in [-0.3, -0.25) is 5.32 Å². The molecule has 6 heteroatoms. The number of para-hydroxylation sites is 1. The summed E-state index contributed by atoms with van der Waals surface area (Å²) in [6.07, 6.45) is 0. The van der Waals surface area contributed by atoms with Crippen molar-refractivity contribution in [3.05, 3.63) is 23.2 Å². The second-order valence-corrected chi connectivity index (χ2v) is 4.87. The smallest absolute Gasteiger partial charge is 0.323 e. The van der Waals surface area contributed by atoms with Crippen molar-refractivity contribution in [3.63, 3.8) is 0 Å². The maximum atomic E-state index is 11.4. The maximum Gasteiger partial charge on any atom is 0.323 e. The molecule has 2 amide bonds. The van der Waals surface area contributed by atoms with Crippen LogP contribution in [0.4, 0.5) is 9.93 Å². The van der Waals surface area contributed by atoms with Crippen LogP contribution in [0.3, 0.4) is 0 Å². The minimum atomic E-state index is -0.199. The number of carbonyl (C=O) groups is 1. The molecule has 1 heterocycles. The van der Waals surface area contributed by atoms with Gasteiger partial charge in [-0.1, -0.05) is 29.0 Å². The Hall–Kier alpha value is -1.33. The summed E-state index contributed by atoms with van der Waals surface area (Å²) >= 11 is 7.39. The summed E-state index contributed by atoms with van der Waals surface area (Å²) in [5.41, 5.74) is 0.725. The van der Waals surface area contributed by atoms with Crippen LogP contribution in [0.25, 0.3) is 10.2 Å². The van der Waals surface area contributed by atoms with E-state index < -0.39 is 0 Å². The molecule has 1 aromatic heterocycles. The van der Waals surface area contributed by atoms with Crippen LogP contribution in [-0.4, -0.2) is 30.0 Å². The Morgan fingerprint density at radius 2 is 2.25 bits per heavy atom. The molecule has 0 bridgehead atoms. The predicted molar refractivity (Wildman–Crippen MR) is 67.3 cm³/mol. The molecule has 0 unspecified atom stereocenters. The van der Waals surface area contributed by atoms with E-state index in [1.54, 1.807) is 20.2 Å². The van der Waals surface area contributed by atoms with Crippen molar-refractivity contribution in [1.82, 2.24) is 9.88 Å². The molecule has 0 spiro atoms. The Balaban J connectivity index is 2.33. The van der Waals surface area contributed by atoms with Crippen molar-refractivity contribution in [3.8, 4) is 0 Å². The van der Waals surface area contributed by atoms with E-state index in [2.05, 4.69) is 10.3 Å². The van der Waals surface area contributed by atoms with E-state index in [1.807, 2.05) is 12.1 Å². The van der Waals surface area contributed by atoms with Crippen molar-refractivity contribution in [1.29, 1.82) is 0 Å². The molecule has 4 nitrogen and oxygen atoms in total. The van der Waals surface area contributed by atoms with Gasteiger partial charge < -0.3 is 4.90 Å². The molecule has 2 aromatic rings. The highest BCUT2D eigenvalue weighted by molar-refractivity contribution is 7.22. The van der Waals surface area contributed by atoms with Crippen LogP contribution in [0.1, 0.15) is 0 Å². The number of benzene rings is 1. The number of thiazole rings is 1. The molecule has 0 aliphatic rings. The summed E-state index contributed by atoms with van der Waals surface area (Å²) in [5, 5.41) is 3.85. The lowest BCUT2D eigenvalue weighted by atomic mass is 10.3. The number of fused-ring (bicyclic) bond motifs is 1. The van der Waals surface area contributed by atoms with Gasteiger partial charge in [0.15, 0.2) is 5.13 Å². The van der Waals surface area contributed by atoms with Crippen molar-refractivity contribution >= 4 is 44.3 Å². The van der Waals surface area contributed by atoms with Crippen LogP contribution in [-0.2, 0) is 0 Å². The monoisotopic (exact) mass is 255 g/mol. The first-order valence-corrected chi connectivity index (χ1v) is 5.81. The molecule has 2 rings (SSSR count). The van der Waals surface area contributed by atoms with Crippen molar-refractivity contribution < 1.29 is 4.79 Å². The third-order valence-corrected chi connectivity index (χ3v) is 3.23. The van der Waals surface area contributed by atoms with Gasteiger partial charge >= 0.3 is 6.03 Å². The molecule has 0 aliphatic carbocycles. The van der Waals surface area contributed by atoms with E-state index in [1.165, 1.54) is 16.2 Å². The van der Waals surface area contributed by atoms with Gasteiger partial charge in [0.1, 0.15) is 5.52 Å². The molecule has 0 saturated carbocycles. The summed E-state index contributed by atoms with van der Waals surface area (Å²) in [7, 11) is 3.35. The molecule has 0 fully saturated rings. The Morgan fingerprint density at radius 1 is 1.50 bits per heavy atom. The van der Waals surface area contributed by atoms with Gasteiger partial charge in [0.25, 0.3) is 0 Å². The molecule has 0 radical (unpaired) electrons. The number of hydrogen-bond donors (Lipinski definition) is 1. The van der Waals surface area contributed by atoms with E-state index in [4.69, 9.17) is 11.6 Å². The van der Waals surface area contributed by atoms with Crippen molar-refractivity contribution in [2.75, 3.05) is 19.4 Å². The lowest BCUT2D eigenvalue weighted by Gasteiger charge is -2.08. The number of urea groups is 1. The minimum Gasteiger partial charge on any atom is -0.331 e. The van der Waals surface area contributed by atoms with E-state index >= 15 is 0 Å². The maximum absolute atomic E-state index is 11.4. The zero-order chi connectivity index (χ0) is 11.7. The number of aromatic nitrogens is 1. The molecular weight excluding hydrogens is 246 g/mol. The largest absolute Gasteiger partial charge is 0.331 e. The molecular formula is C10H10ClN3OS. The quantitative estimate of drug-likeness (QED) is 0.851. The van der Waals surface area contributed by atoms with E-state index in [9.17, 15) is 4.79 Å². The second kappa shape index (κ2) is 4.27. The standard InChI is InChI=1S/C10H10ClN3OS/c1-14(2)10(15)13-9-12-8-6(11)4-3-5-7(8)16-9/h3-5H,1-2H3,(H,12,13,15). The lowest BCUT2D eigenvalue weighted by molar-refractivity contribution is 0.230. The minimum absolute atomic E-state index is 0.199. The van der Waals surface area contributed by atoms with Gasteiger partial charge in [0.05, 0.1) is 9.72 Å². The summed E-state index contributed by atoms with van der Waals surface area (Å²) in [4.78, 5) is 17.1. The number of carbonyl (C=O) groups excluding carboxylic acids is 1. The van der Waals surface area contributed by atoms with Crippen LogP contribution in [0, 0.1) is 0 Å². The fourth-order valence-corrected chi connectivity index (χ4v) is 2.33. The fourth-order valence-electron chi connectivity index (χ4n) is 1.17. The van der Waals surface area contributed by atoms with Gasteiger partial charge in [0.2, 0.25) is 0 Å². The van der Waals surface area contributed by atoms with E-state index in [-0.39, 0.29) is 6.03 Å². The molecule has 84 valence electrons. The van der Waals surface area contributed by atoms with E-state index in [0.29, 0.717) is 10.2 Å². The number of rotatable bonds is 1. The summed E-state index contributed by atoms with van der Waals surface area (Å²) < 4.78 is 0.960. The molecule has 16 heavy (non-hydrogen) atoms. The second-order valence-electron chi connectivity index (χ2n) is 3.43. The topological polar surface area (TPSA) is 45.2 Å². The van der Waals surface area contributed by atoms with Crippen LogP contribution in [0.5, 0.6) is 0 Å². The van der Waals surface area contributed by atoms with Crippen LogP contribution >= 0.6 is 22.9 Å². The first kappa shape index (κ1) is 11.2. The first-order valence-electron chi connectivity index (χ1n) is 4.61. The van der Waals surface area contributed by atoms with Gasteiger partial charge in [0, 0.05) is 14.1 Å². The van der Waals surface area contributed by atoms with Gasteiger partial charge in [-0.25, -0.2) is 9.78 Å². The summed E-state index contributed by atoms with van der Waals surface area (Å²) in [6.45, 7) is 0. The van der Waals surface area contributed by atoms with Crippen LogP contribution < -0.4 is 5.32 Å². The molecule has 0 atom stereocenters. The van der Waals surface area contributed by atoms with Crippen molar-refractivity contribution in [2.45, 2.75) is 0 Å². The summed E-state index contributed by atoms with van der Waals surface area (Å²) in [6, 6.07) is 5.36. The zero-order valence-corrected chi connectivity index (χ0v) is 10.4.